The van der Waals surface area contributed by atoms with E-state index in [4.69, 9.17) is 29.6 Å². The Balaban J connectivity index is -0.0000000221. The number of rotatable bonds is 0. The first kappa shape index (κ1) is 29.6. The summed E-state index contributed by atoms with van der Waals surface area (Å²) in [5.41, 5.74) is 0. The molecule has 0 aromatic rings. The fourth-order valence-electron chi connectivity index (χ4n) is 0. The van der Waals surface area contributed by atoms with Gasteiger partial charge in [0, 0.05) is 0 Å². The average Bonchev–Trinajstić information content (AvgIpc) is 1.19. The monoisotopic (exact) mass is 346 g/mol. The maximum Gasteiger partial charge on any atom is 0.503 e. The van der Waals surface area contributed by atoms with Crippen molar-refractivity contribution in [2.75, 3.05) is 0 Å². The molecule has 0 saturated carbocycles. The average molecular weight is 346 g/mol. The largest absolute Gasteiger partial charge is 0.503 e. The molecule has 0 fully saturated rings. The van der Waals surface area contributed by atoms with Gasteiger partial charge in [0.15, 0.2) is 0 Å². The molecule has 0 radical (unpaired) electrons. The standard InChI is InChI=1S/HIO3.3Na.H3O4P.3H/c2-1(3)4;;;;1-5(2,3)4;;;/h2H;;;;(H3,1,2,3,4);;;. The van der Waals surface area contributed by atoms with Crippen LogP contribution in [0.1, 0.15) is 0 Å². The van der Waals surface area contributed by atoms with Gasteiger partial charge < -0.3 is 21.6 Å². The Morgan fingerprint density at radius 3 is 1.00 bits per heavy atom. The first-order chi connectivity index (χ1) is 3.73. The molecule has 0 aliphatic heterocycles. The van der Waals surface area contributed by atoms with Gasteiger partial charge >= 0.3 is 118 Å². The summed E-state index contributed by atoms with van der Waals surface area (Å²) in [6, 6.07) is 0. The molecular weight excluding hydrogens is 339 g/mol. The maximum absolute atomic E-state index is 8.88. The molecule has 0 aromatic carbocycles. The molecule has 0 aliphatic rings. The van der Waals surface area contributed by atoms with E-state index in [1.807, 2.05) is 0 Å². The van der Waals surface area contributed by atoms with Gasteiger partial charge in [0.1, 0.15) is 0 Å². The molecule has 0 unspecified atom stereocenters. The van der Waals surface area contributed by atoms with Crippen LogP contribution in [0.3, 0.4) is 0 Å². The smallest absolute Gasteiger partial charge is 0.396 e. The third-order valence-electron chi connectivity index (χ3n) is 0. The van der Waals surface area contributed by atoms with Crippen molar-refractivity contribution in [3.05, 3.63) is 0 Å². The second-order valence-corrected chi connectivity index (χ2v) is 2.89. The van der Waals surface area contributed by atoms with E-state index in [0.717, 1.165) is 0 Å². The van der Waals surface area contributed by atoms with Gasteiger partial charge in [-0.1, -0.05) is 0 Å². The molecule has 12 heavy (non-hydrogen) atoms. The van der Waals surface area contributed by atoms with E-state index in [-0.39, 0.29) is 88.7 Å². The second-order valence-electron chi connectivity index (χ2n) is 0.714. The van der Waals surface area contributed by atoms with Gasteiger partial charge in [0.2, 0.25) is 0 Å². The minimum atomic E-state index is -4.64. The molecule has 0 atom stereocenters. The third kappa shape index (κ3) is 160. The zero-order valence-electron chi connectivity index (χ0n) is 3.84. The molecule has 0 amide bonds. The van der Waals surface area contributed by atoms with E-state index in [0.29, 0.717) is 0 Å². The summed E-state index contributed by atoms with van der Waals surface area (Å²) in [7, 11) is -4.64. The van der Waals surface area contributed by atoms with Crippen LogP contribution in [0.25, 0.3) is 0 Å². The van der Waals surface area contributed by atoms with Crippen LogP contribution < -0.4 is 27.9 Å². The van der Waals surface area contributed by atoms with Gasteiger partial charge in [-0.3, -0.25) is 0 Å². The summed E-state index contributed by atoms with van der Waals surface area (Å²) in [5, 5.41) is 0. The second kappa shape index (κ2) is 17.1. The van der Waals surface area contributed by atoms with Crippen molar-refractivity contribution in [1.29, 1.82) is 0 Å². The molecule has 0 aromatic heterocycles. The summed E-state index contributed by atoms with van der Waals surface area (Å²) in [4.78, 5) is 21.6. The zero-order chi connectivity index (χ0) is 8.08. The summed E-state index contributed by atoms with van der Waals surface area (Å²) in [5.74, 6) is 0. The van der Waals surface area contributed by atoms with E-state index in [1.165, 1.54) is 0 Å². The van der Waals surface area contributed by atoms with Crippen molar-refractivity contribution in [3.63, 3.8) is 0 Å². The van der Waals surface area contributed by atoms with Crippen LogP contribution in [0.4, 0.5) is 0 Å². The molecule has 64 valence electrons. The van der Waals surface area contributed by atoms with Crippen molar-refractivity contribution < 1.29 is 50.6 Å². The summed E-state index contributed by atoms with van der Waals surface area (Å²) >= 11 is -3.76. The number of halogens is 1. The van der Waals surface area contributed by atoms with Gasteiger partial charge in [-0.25, -0.2) is 4.57 Å². The van der Waals surface area contributed by atoms with Gasteiger partial charge in [0.05, 0.1) is 0 Å². The van der Waals surface area contributed by atoms with E-state index >= 15 is 0 Å². The van der Waals surface area contributed by atoms with Gasteiger partial charge in [-0.2, -0.15) is 0 Å². The third-order valence-corrected chi connectivity index (χ3v) is 0. The first-order valence-electron chi connectivity index (χ1n) is 1.26. The Hall–Kier alpha value is 3.72. The quantitative estimate of drug-likeness (QED) is 0.194. The van der Waals surface area contributed by atoms with Crippen molar-refractivity contribution in [1.82, 2.24) is 0 Å². The first-order valence-corrected chi connectivity index (χ1v) is 5.55. The van der Waals surface area contributed by atoms with Crippen LogP contribution in [0.5, 0.6) is 0 Å². The minimum Gasteiger partial charge on any atom is -0.396 e. The number of hydrogen-bond donors (Lipinski definition) is 4. The van der Waals surface area contributed by atoms with E-state index in [2.05, 4.69) is 0 Å². The van der Waals surface area contributed by atoms with E-state index in [1.54, 1.807) is 0 Å². The molecule has 0 heterocycles. The molecule has 0 spiro atoms. The van der Waals surface area contributed by atoms with Crippen molar-refractivity contribution in [3.8, 4) is 0 Å². The van der Waals surface area contributed by atoms with Crippen LogP contribution in [-0.4, -0.2) is 107 Å². The number of hydrogen-bond acceptors (Lipinski definition) is 4. The number of phosphoric acid groups is 1. The Kier molecular flexibility index (Phi) is 42.3. The fourth-order valence-corrected chi connectivity index (χ4v) is 0. The van der Waals surface area contributed by atoms with Crippen LogP contribution in [0.2, 0.25) is 0 Å². The van der Waals surface area contributed by atoms with E-state index in [9.17, 15) is 0 Å². The van der Waals surface area contributed by atoms with Crippen LogP contribution in [-0.2, 0) is 4.57 Å². The Morgan fingerprint density at radius 2 is 1.00 bits per heavy atom. The SMILES string of the molecule is O=P(O)(O)O.[NaH].[NaH].[NaH].[O-][I+2]([O-])O. The predicted molar refractivity (Wildman–Crippen MR) is 37.9 cm³/mol. The van der Waals surface area contributed by atoms with Crippen molar-refractivity contribution in [2.24, 2.45) is 0 Å². The maximum atomic E-state index is 8.88. The fraction of sp³-hybridized carbons (Fsp3) is 0. The molecule has 12 heteroatoms. The topological polar surface area (TPSA) is 144 Å². The van der Waals surface area contributed by atoms with Crippen LogP contribution in [0, 0.1) is 0 Å². The molecular formula is H7INa3O7P. The van der Waals surface area contributed by atoms with E-state index < -0.39 is 28.9 Å². The normalized spacial score (nSPS) is 7.92. The molecule has 0 saturated heterocycles. The molecule has 0 aliphatic carbocycles. The van der Waals surface area contributed by atoms with Gasteiger partial charge in [-0.05, 0) is 3.44 Å². The van der Waals surface area contributed by atoms with Gasteiger partial charge in [0.25, 0.3) is 0 Å². The molecule has 4 N–H and O–H groups in total. The molecule has 0 rings (SSSR count). The summed E-state index contributed by atoms with van der Waals surface area (Å²) < 4.78 is 33.4. The van der Waals surface area contributed by atoms with Crippen molar-refractivity contribution >= 4 is 96.5 Å². The Bertz CT molecular complexity index is 89.8. The minimum absolute atomic E-state index is 0. The summed E-state index contributed by atoms with van der Waals surface area (Å²) in [6.07, 6.45) is 0. The predicted octanol–water partition coefficient (Wildman–Crippen LogP) is -8.81. The summed E-state index contributed by atoms with van der Waals surface area (Å²) in [6.45, 7) is 0. The van der Waals surface area contributed by atoms with Gasteiger partial charge in [-0.15, -0.1) is 0 Å². The Labute approximate surface area is 144 Å². The molecule has 0 bridgehead atoms. The zero-order valence-corrected chi connectivity index (χ0v) is 6.89. The van der Waals surface area contributed by atoms with Crippen LogP contribution in [0.15, 0.2) is 0 Å². The van der Waals surface area contributed by atoms with Crippen LogP contribution >= 0.6 is 7.82 Å². The van der Waals surface area contributed by atoms with Crippen molar-refractivity contribution in [2.45, 2.75) is 0 Å². The molecule has 7 nitrogen and oxygen atoms in total. The Morgan fingerprint density at radius 1 is 1.00 bits per heavy atom.